The Hall–Kier alpha value is -8.99. The Labute approximate surface area is 378 Å². The third-order valence-corrected chi connectivity index (χ3v) is 12.6. The number of para-hydroxylation sites is 2. The lowest BCUT2D eigenvalue weighted by Gasteiger charge is -2.19. The summed E-state index contributed by atoms with van der Waals surface area (Å²) in [4.78, 5) is 9.65. The van der Waals surface area contributed by atoms with Crippen molar-refractivity contribution in [1.82, 2.24) is 19.1 Å². The van der Waals surface area contributed by atoms with Crippen LogP contribution in [-0.2, 0) is 0 Å². The van der Waals surface area contributed by atoms with Crippen LogP contribution in [-0.4, -0.2) is 19.1 Å². The van der Waals surface area contributed by atoms with Crippen molar-refractivity contribution in [3.05, 3.63) is 230 Å². The molecule has 0 aliphatic rings. The molecule has 8 aromatic carbocycles. The van der Waals surface area contributed by atoms with Crippen molar-refractivity contribution in [2.45, 2.75) is 0 Å². The van der Waals surface area contributed by atoms with E-state index in [9.17, 15) is 14.0 Å². The number of rotatable bonds is 7. The van der Waals surface area contributed by atoms with Gasteiger partial charge in [-0.3, -0.25) is 9.97 Å². The lowest BCUT2D eigenvalue weighted by Crippen LogP contribution is -2.05. The van der Waals surface area contributed by atoms with Crippen molar-refractivity contribution in [3.63, 3.8) is 0 Å². The largest absolute Gasteiger partial charge is 0.307 e. The molecule has 12 rings (SSSR count). The van der Waals surface area contributed by atoms with Gasteiger partial charge in [0.25, 0.3) is 0 Å². The molecule has 0 bridgehead atoms. The van der Waals surface area contributed by atoms with Crippen LogP contribution in [0.15, 0.2) is 213 Å². The van der Waals surface area contributed by atoms with E-state index in [1.54, 1.807) is 0 Å². The van der Waals surface area contributed by atoms with E-state index >= 15 is 0 Å². The standard InChI is InChI=1S/C59H35F2N5/c60-45-27-43(28-46(61)32-45)49-33-59(66-55-18-10-8-16-48(55)51-30-40(22-26-57(51)66)42-20-24-53(64-36-42)38-13-5-2-6-14-38)58(31-44(49)34-62)65-54-17-9-7-15-47(54)50-29-39(21-25-56(50)65)41-19-23-52(63-35-41)37-11-3-1-4-12-37/h1-33,35-36H. The van der Waals surface area contributed by atoms with E-state index in [-0.39, 0.29) is 11.1 Å². The average molecular weight is 852 g/mol. The van der Waals surface area contributed by atoms with Gasteiger partial charge in [0.05, 0.1) is 56.5 Å². The van der Waals surface area contributed by atoms with Crippen LogP contribution in [0.5, 0.6) is 0 Å². The van der Waals surface area contributed by atoms with Crippen LogP contribution in [0.1, 0.15) is 5.56 Å². The first-order valence-corrected chi connectivity index (χ1v) is 21.6. The fourth-order valence-electron chi connectivity index (χ4n) is 9.49. The predicted octanol–water partition coefficient (Wildman–Crippen LogP) is 15.2. The molecular weight excluding hydrogens is 817 g/mol. The van der Waals surface area contributed by atoms with Crippen LogP contribution in [0.2, 0.25) is 0 Å². The van der Waals surface area contributed by atoms with Crippen molar-refractivity contribution in [1.29, 1.82) is 5.26 Å². The van der Waals surface area contributed by atoms with E-state index in [0.717, 1.165) is 106 Å². The van der Waals surface area contributed by atoms with Gasteiger partial charge in [-0.25, -0.2) is 8.78 Å². The third kappa shape index (κ3) is 6.51. The molecular formula is C59H35F2N5. The van der Waals surface area contributed by atoms with E-state index in [2.05, 4.69) is 112 Å². The lowest BCUT2D eigenvalue weighted by molar-refractivity contribution is 0.584. The highest BCUT2D eigenvalue weighted by Crippen LogP contribution is 2.43. The summed E-state index contributed by atoms with van der Waals surface area (Å²) in [6, 6.07) is 67.5. The Bertz CT molecular complexity index is 3860. The van der Waals surface area contributed by atoms with Crippen molar-refractivity contribution in [3.8, 4) is 73.3 Å². The number of halogens is 2. The van der Waals surface area contributed by atoms with Gasteiger partial charge in [0.1, 0.15) is 11.6 Å². The zero-order valence-electron chi connectivity index (χ0n) is 35.2. The van der Waals surface area contributed by atoms with Gasteiger partial charge in [0, 0.05) is 67.8 Å². The number of hydrogen-bond donors (Lipinski definition) is 0. The molecule has 0 unspecified atom stereocenters. The lowest BCUT2D eigenvalue weighted by atomic mass is 9.97. The van der Waals surface area contributed by atoms with E-state index in [0.29, 0.717) is 5.56 Å². The van der Waals surface area contributed by atoms with Crippen molar-refractivity contribution in [2.75, 3.05) is 0 Å². The zero-order valence-corrected chi connectivity index (χ0v) is 35.2. The Morgan fingerprint density at radius 2 is 0.803 bits per heavy atom. The van der Waals surface area contributed by atoms with Crippen LogP contribution >= 0.6 is 0 Å². The second-order valence-electron chi connectivity index (χ2n) is 16.4. The molecule has 0 aliphatic heterocycles. The van der Waals surface area contributed by atoms with E-state index in [1.807, 2.05) is 97.3 Å². The number of nitrogens with zero attached hydrogens (tertiary/aromatic N) is 5. The normalized spacial score (nSPS) is 11.5. The molecule has 0 fully saturated rings. The Morgan fingerprint density at radius 1 is 0.364 bits per heavy atom. The molecule has 0 saturated carbocycles. The minimum Gasteiger partial charge on any atom is -0.307 e. The van der Waals surface area contributed by atoms with Gasteiger partial charge >= 0.3 is 0 Å². The van der Waals surface area contributed by atoms with E-state index in [1.165, 1.54) is 12.1 Å². The second-order valence-corrected chi connectivity index (χ2v) is 16.4. The summed E-state index contributed by atoms with van der Waals surface area (Å²) in [5.74, 6) is -1.45. The fraction of sp³-hybridized carbons (Fsp3) is 0. The SMILES string of the molecule is N#Cc1cc(-n2c3ccccc3c3cc(-c4ccc(-c5ccccc5)nc4)ccc32)c(-n2c3ccccc3c3cc(-c4ccc(-c5ccccc5)nc4)ccc32)cc1-c1cc(F)cc(F)c1. The third-order valence-electron chi connectivity index (χ3n) is 12.6. The maximum Gasteiger partial charge on any atom is 0.126 e. The summed E-state index contributed by atoms with van der Waals surface area (Å²) in [5, 5.41) is 14.9. The second kappa shape index (κ2) is 15.7. The molecule has 12 aromatic rings. The summed E-state index contributed by atoms with van der Waals surface area (Å²) in [6.07, 6.45) is 3.83. The average Bonchev–Trinajstić information content (AvgIpc) is 3.88. The van der Waals surface area contributed by atoms with Gasteiger partial charge in [0.15, 0.2) is 0 Å². The minimum atomic E-state index is -0.724. The summed E-state index contributed by atoms with van der Waals surface area (Å²) >= 11 is 0. The molecule has 7 heteroatoms. The Balaban J connectivity index is 1.09. The van der Waals surface area contributed by atoms with Crippen LogP contribution in [0, 0.1) is 23.0 Å². The summed E-state index contributed by atoms with van der Waals surface area (Å²) in [5.41, 5.74) is 14.0. The number of aromatic nitrogens is 4. The highest BCUT2D eigenvalue weighted by atomic mass is 19.1. The number of hydrogen-bond acceptors (Lipinski definition) is 3. The number of nitriles is 1. The van der Waals surface area contributed by atoms with Crippen molar-refractivity contribution in [2.24, 2.45) is 0 Å². The van der Waals surface area contributed by atoms with E-state index < -0.39 is 11.6 Å². The van der Waals surface area contributed by atoms with E-state index in [4.69, 9.17) is 9.97 Å². The highest BCUT2D eigenvalue weighted by molar-refractivity contribution is 6.13. The maximum atomic E-state index is 15.0. The predicted molar refractivity (Wildman–Crippen MR) is 263 cm³/mol. The molecule has 4 aromatic heterocycles. The molecule has 66 heavy (non-hydrogen) atoms. The first-order valence-electron chi connectivity index (χ1n) is 21.6. The van der Waals surface area contributed by atoms with Gasteiger partial charge < -0.3 is 9.13 Å². The first kappa shape index (κ1) is 38.7. The Morgan fingerprint density at radius 3 is 1.27 bits per heavy atom. The molecule has 4 heterocycles. The Kier molecular flexibility index (Phi) is 9.18. The van der Waals surface area contributed by atoms with Gasteiger partial charge in [-0.15, -0.1) is 0 Å². The van der Waals surface area contributed by atoms with Crippen molar-refractivity contribution >= 4 is 43.6 Å². The molecule has 0 atom stereocenters. The number of fused-ring (bicyclic) bond motifs is 6. The highest BCUT2D eigenvalue weighted by Gasteiger charge is 2.23. The smallest absolute Gasteiger partial charge is 0.126 e. The van der Waals surface area contributed by atoms with Crippen LogP contribution < -0.4 is 0 Å². The fourth-order valence-corrected chi connectivity index (χ4v) is 9.49. The summed E-state index contributed by atoms with van der Waals surface area (Å²) < 4.78 is 34.4. The molecule has 0 saturated heterocycles. The molecule has 0 amide bonds. The summed E-state index contributed by atoms with van der Waals surface area (Å²) in [7, 11) is 0. The maximum absolute atomic E-state index is 15.0. The molecule has 0 spiro atoms. The monoisotopic (exact) mass is 851 g/mol. The molecule has 0 aliphatic carbocycles. The molecule has 5 nitrogen and oxygen atoms in total. The van der Waals surface area contributed by atoms with Crippen LogP contribution in [0.3, 0.4) is 0 Å². The van der Waals surface area contributed by atoms with Crippen molar-refractivity contribution < 1.29 is 8.78 Å². The van der Waals surface area contributed by atoms with Gasteiger partial charge in [-0.05, 0) is 89.5 Å². The molecule has 0 radical (unpaired) electrons. The van der Waals surface area contributed by atoms with Crippen LogP contribution in [0.25, 0.3) is 111 Å². The molecule has 0 N–H and O–H groups in total. The topological polar surface area (TPSA) is 59.4 Å². The van der Waals surface area contributed by atoms with Crippen LogP contribution in [0.4, 0.5) is 8.78 Å². The van der Waals surface area contributed by atoms with Gasteiger partial charge in [-0.2, -0.15) is 5.26 Å². The summed E-state index contributed by atoms with van der Waals surface area (Å²) in [6.45, 7) is 0. The number of pyridine rings is 2. The molecule has 310 valence electrons. The zero-order chi connectivity index (χ0) is 44.3. The minimum absolute atomic E-state index is 0.269. The van der Waals surface area contributed by atoms with Gasteiger partial charge in [-0.1, -0.05) is 121 Å². The number of benzene rings is 8. The first-order chi connectivity index (χ1) is 32.5. The quantitative estimate of drug-likeness (QED) is 0.160. The van der Waals surface area contributed by atoms with Gasteiger partial charge in [0.2, 0.25) is 0 Å².